The molecule has 1 aromatic carbocycles. The van der Waals surface area contributed by atoms with Crippen LogP contribution in [-0.2, 0) is 30.8 Å². The highest BCUT2D eigenvalue weighted by Crippen LogP contribution is 2.31. The molecule has 1 fully saturated rings. The van der Waals surface area contributed by atoms with Gasteiger partial charge in [0, 0.05) is 16.1 Å². The smallest absolute Gasteiger partial charge is 0.325 e. The summed E-state index contributed by atoms with van der Waals surface area (Å²) in [6.45, 7) is 1.99. The molecule has 1 aliphatic rings. The van der Waals surface area contributed by atoms with Crippen molar-refractivity contribution >= 4 is 61.6 Å². The highest BCUT2D eigenvalue weighted by Gasteiger charge is 2.25. The molecule has 0 saturated carbocycles. The molecule has 1 N–H and O–H groups in total. The number of aromatic nitrogens is 1. The number of halogens is 2. The molecule has 0 spiro atoms. The number of esters is 1. The van der Waals surface area contributed by atoms with Gasteiger partial charge in [-0.1, -0.05) is 23.2 Å². The van der Waals surface area contributed by atoms with Gasteiger partial charge in [-0.3, -0.25) is 14.3 Å². The summed E-state index contributed by atoms with van der Waals surface area (Å²) in [6, 6.07) is 2.85. The van der Waals surface area contributed by atoms with Crippen LogP contribution >= 0.6 is 34.5 Å². The number of amides is 1. The van der Waals surface area contributed by atoms with Crippen LogP contribution in [0.1, 0.15) is 10.4 Å². The zero-order valence-corrected chi connectivity index (χ0v) is 17.7. The molecule has 1 aliphatic heterocycles. The van der Waals surface area contributed by atoms with Crippen molar-refractivity contribution < 1.29 is 22.7 Å². The third kappa shape index (κ3) is 4.75. The van der Waals surface area contributed by atoms with Crippen molar-refractivity contribution in [2.45, 2.75) is 18.2 Å². The number of morpholine rings is 1. The van der Waals surface area contributed by atoms with Gasteiger partial charge in [0.1, 0.15) is 18.0 Å². The molecule has 0 atom stereocenters. The van der Waals surface area contributed by atoms with Crippen molar-refractivity contribution in [3.8, 4) is 0 Å². The summed E-state index contributed by atoms with van der Waals surface area (Å²) in [6.07, 6.45) is 1.42. The minimum absolute atomic E-state index is 0.00134. The lowest BCUT2D eigenvalue weighted by atomic mass is 10.2. The Morgan fingerprint density at radius 1 is 1.39 bits per heavy atom. The number of nitrogens with zero attached hydrogens (tertiary/aromatic N) is 2. The molecule has 150 valence electrons. The number of nitrogens with one attached hydrogen (secondary N) is 1. The molecule has 0 bridgehead atoms. The summed E-state index contributed by atoms with van der Waals surface area (Å²) in [5, 5.41) is 0.436. The second kappa shape index (κ2) is 8.24. The van der Waals surface area contributed by atoms with Gasteiger partial charge in [0.15, 0.2) is 5.13 Å². The SMILES string of the molecule is Cc1cc(Cl)cc(Cl)c1S(=O)(=O)Nc1ncc(CC(=O)N2CCOC(=O)C2)s1. The molecule has 1 aromatic heterocycles. The maximum Gasteiger partial charge on any atom is 0.325 e. The Hall–Kier alpha value is -1.88. The summed E-state index contributed by atoms with van der Waals surface area (Å²) in [7, 11) is -3.98. The van der Waals surface area contributed by atoms with Gasteiger partial charge in [0.2, 0.25) is 5.91 Å². The van der Waals surface area contributed by atoms with E-state index in [1.54, 1.807) is 6.92 Å². The Kier molecular flexibility index (Phi) is 6.13. The predicted octanol–water partition coefficient (Wildman–Crippen LogP) is 2.49. The van der Waals surface area contributed by atoms with Crippen molar-refractivity contribution in [1.29, 1.82) is 0 Å². The average molecular weight is 464 g/mol. The van der Waals surface area contributed by atoms with E-state index in [9.17, 15) is 18.0 Å². The van der Waals surface area contributed by atoms with Crippen LogP contribution in [0.2, 0.25) is 10.0 Å². The van der Waals surface area contributed by atoms with E-state index in [-0.39, 0.29) is 40.5 Å². The largest absolute Gasteiger partial charge is 0.462 e. The van der Waals surface area contributed by atoms with E-state index in [1.165, 1.54) is 23.2 Å². The number of rotatable bonds is 5. The molecule has 3 rings (SSSR count). The van der Waals surface area contributed by atoms with Gasteiger partial charge in [-0.05, 0) is 24.6 Å². The summed E-state index contributed by atoms with van der Waals surface area (Å²) < 4.78 is 32.5. The van der Waals surface area contributed by atoms with Gasteiger partial charge >= 0.3 is 5.97 Å². The fraction of sp³-hybridized carbons (Fsp3) is 0.312. The van der Waals surface area contributed by atoms with E-state index in [2.05, 4.69) is 9.71 Å². The second-order valence-corrected chi connectivity index (χ2v) is 9.56. The van der Waals surface area contributed by atoms with Crippen molar-refractivity contribution in [3.63, 3.8) is 0 Å². The van der Waals surface area contributed by atoms with E-state index >= 15 is 0 Å². The molecule has 2 heterocycles. The highest BCUT2D eigenvalue weighted by atomic mass is 35.5. The zero-order chi connectivity index (χ0) is 20.5. The number of aryl methyl sites for hydroxylation is 1. The van der Waals surface area contributed by atoms with E-state index in [0.29, 0.717) is 22.0 Å². The van der Waals surface area contributed by atoms with Crippen LogP contribution in [0, 0.1) is 6.92 Å². The zero-order valence-electron chi connectivity index (χ0n) is 14.6. The van der Waals surface area contributed by atoms with Gasteiger partial charge in [-0.25, -0.2) is 13.4 Å². The topological polar surface area (TPSA) is 106 Å². The van der Waals surface area contributed by atoms with Crippen LogP contribution in [0.5, 0.6) is 0 Å². The quantitative estimate of drug-likeness (QED) is 0.682. The predicted molar refractivity (Wildman–Crippen MR) is 105 cm³/mol. The van der Waals surface area contributed by atoms with Gasteiger partial charge in [0.05, 0.1) is 18.0 Å². The van der Waals surface area contributed by atoms with Crippen molar-refractivity contribution in [1.82, 2.24) is 9.88 Å². The number of thiazole rings is 1. The van der Waals surface area contributed by atoms with E-state index < -0.39 is 16.0 Å². The van der Waals surface area contributed by atoms with Crippen molar-refractivity contribution in [2.75, 3.05) is 24.4 Å². The lowest BCUT2D eigenvalue weighted by molar-refractivity contribution is -0.156. The minimum Gasteiger partial charge on any atom is -0.462 e. The fourth-order valence-corrected chi connectivity index (χ4v) is 5.89. The molecule has 0 unspecified atom stereocenters. The first-order valence-electron chi connectivity index (χ1n) is 8.02. The van der Waals surface area contributed by atoms with Crippen molar-refractivity contribution in [3.05, 3.63) is 38.8 Å². The molecule has 0 aliphatic carbocycles. The van der Waals surface area contributed by atoms with Gasteiger partial charge in [-0.15, -0.1) is 11.3 Å². The number of cyclic esters (lactones) is 1. The first-order valence-corrected chi connectivity index (χ1v) is 11.1. The Labute approximate surface area is 175 Å². The monoisotopic (exact) mass is 463 g/mol. The lowest BCUT2D eigenvalue weighted by Crippen LogP contribution is -2.44. The number of carbonyl (C=O) groups excluding carboxylic acids is 2. The number of hydrogen-bond acceptors (Lipinski definition) is 7. The fourth-order valence-electron chi connectivity index (χ4n) is 2.66. The second-order valence-electron chi connectivity index (χ2n) is 5.98. The molecule has 12 heteroatoms. The molecule has 0 radical (unpaired) electrons. The summed E-state index contributed by atoms with van der Waals surface area (Å²) in [5.41, 5.74) is 0.397. The molecule has 2 aromatic rings. The average Bonchev–Trinajstić information content (AvgIpc) is 2.99. The Balaban J connectivity index is 1.72. The van der Waals surface area contributed by atoms with Gasteiger partial charge < -0.3 is 9.64 Å². The van der Waals surface area contributed by atoms with Crippen LogP contribution in [0.3, 0.4) is 0 Å². The van der Waals surface area contributed by atoms with Crippen molar-refractivity contribution in [2.24, 2.45) is 0 Å². The third-order valence-electron chi connectivity index (χ3n) is 3.86. The molecule has 8 nitrogen and oxygen atoms in total. The Morgan fingerprint density at radius 2 is 2.14 bits per heavy atom. The van der Waals surface area contributed by atoms with E-state index in [0.717, 1.165) is 11.3 Å². The summed E-state index contributed by atoms with van der Waals surface area (Å²) >= 11 is 13.0. The molecular weight excluding hydrogens is 449 g/mol. The van der Waals surface area contributed by atoms with Crippen LogP contribution in [0.25, 0.3) is 0 Å². The maximum absolute atomic E-state index is 12.7. The molecular formula is C16H15Cl2N3O5S2. The van der Waals surface area contributed by atoms with E-state index in [4.69, 9.17) is 27.9 Å². The highest BCUT2D eigenvalue weighted by molar-refractivity contribution is 7.93. The standard InChI is InChI=1S/C16H15Cl2N3O5S2/c1-9-4-10(17)5-12(18)15(9)28(24,25)20-16-19-7-11(27-16)6-13(22)21-2-3-26-14(23)8-21/h4-5,7H,2-3,6,8H2,1H3,(H,19,20). The number of anilines is 1. The van der Waals surface area contributed by atoms with Crippen LogP contribution in [-0.4, -0.2) is 49.9 Å². The van der Waals surface area contributed by atoms with Crippen LogP contribution in [0.15, 0.2) is 23.2 Å². The number of carbonyl (C=O) groups is 2. The number of benzene rings is 1. The van der Waals surface area contributed by atoms with Crippen LogP contribution < -0.4 is 4.72 Å². The summed E-state index contributed by atoms with van der Waals surface area (Å²) in [5.74, 6) is -0.709. The summed E-state index contributed by atoms with van der Waals surface area (Å²) in [4.78, 5) is 29.4. The van der Waals surface area contributed by atoms with Gasteiger partial charge in [-0.2, -0.15) is 0 Å². The molecule has 1 saturated heterocycles. The van der Waals surface area contributed by atoms with E-state index in [1.807, 2.05) is 0 Å². The van der Waals surface area contributed by atoms with Crippen LogP contribution in [0.4, 0.5) is 5.13 Å². The normalized spacial score (nSPS) is 14.7. The number of sulfonamides is 1. The first kappa shape index (κ1) is 20.8. The lowest BCUT2D eigenvalue weighted by Gasteiger charge is -2.25. The maximum atomic E-state index is 12.7. The third-order valence-corrected chi connectivity index (χ3v) is 7.07. The van der Waals surface area contributed by atoms with Gasteiger partial charge in [0.25, 0.3) is 10.0 Å². The Morgan fingerprint density at radius 3 is 2.82 bits per heavy atom. The molecule has 28 heavy (non-hydrogen) atoms. The minimum atomic E-state index is -3.98. The first-order chi connectivity index (χ1) is 13.2. The Bertz CT molecular complexity index is 1020. The number of hydrogen-bond donors (Lipinski definition) is 1. The molecule has 1 amide bonds. The number of ether oxygens (including phenoxy) is 1.